The molecule has 0 radical (unpaired) electrons. The van der Waals surface area contributed by atoms with Crippen molar-refractivity contribution in [2.24, 2.45) is 0 Å². The van der Waals surface area contributed by atoms with E-state index in [0.717, 1.165) is 25.1 Å². The molecule has 0 saturated heterocycles. The Bertz CT molecular complexity index is 952. The zero-order valence-electron chi connectivity index (χ0n) is 17.9. The monoisotopic (exact) mass is 410 g/mol. The molecule has 0 aliphatic rings. The molecule has 29 heavy (non-hydrogen) atoms. The minimum atomic E-state index is -0.102. The van der Waals surface area contributed by atoms with E-state index in [1.165, 1.54) is 22.3 Å². The smallest absolute Gasteiger partial charge is 0.152 e. The number of nitrogens with zero attached hydrogens (tertiary/aromatic N) is 2. The molecule has 3 rings (SSSR count). The molecule has 0 unspecified atom stereocenters. The minimum absolute atomic E-state index is 0.0903. The van der Waals surface area contributed by atoms with Gasteiger partial charge in [0.2, 0.25) is 0 Å². The molecule has 0 amide bonds. The van der Waals surface area contributed by atoms with Gasteiger partial charge in [-0.15, -0.1) is 0 Å². The van der Waals surface area contributed by atoms with Crippen LogP contribution in [0.2, 0.25) is 5.15 Å². The fraction of sp³-hybridized carbons (Fsp3) is 0.400. The predicted octanol–water partition coefficient (Wildman–Crippen LogP) is 6.38. The molecular weight excluding hydrogens is 380 g/mol. The van der Waals surface area contributed by atoms with Gasteiger partial charge in [-0.1, -0.05) is 94.2 Å². The van der Waals surface area contributed by atoms with E-state index < -0.39 is 0 Å². The Balaban J connectivity index is 1.90. The molecule has 0 saturated carbocycles. The van der Waals surface area contributed by atoms with Crippen LogP contribution in [0.3, 0.4) is 0 Å². The molecule has 0 aliphatic carbocycles. The van der Waals surface area contributed by atoms with E-state index in [1.54, 1.807) is 0 Å². The van der Waals surface area contributed by atoms with Gasteiger partial charge in [0.1, 0.15) is 5.82 Å². The summed E-state index contributed by atoms with van der Waals surface area (Å²) in [5, 5.41) is 10.2. The maximum atomic E-state index is 9.77. The number of aliphatic hydroxyl groups excluding tert-OH is 1. The van der Waals surface area contributed by atoms with Gasteiger partial charge in [-0.25, -0.2) is 4.98 Å². The van der Waals surface area contributed by atoms with Crippen molar-refractivity contribution in [1.29, 1.82) is 0 Å². The first-order chi connectivity index (χ1) is 13.8. The van der Waals surface area contributed by atoms with Crippen LogP contribution in [0.25, 0.3) is 11.1 Å². The van der Waals surface area contributed by atoms with E-state index in [4.69, 9.17) is 11.6 Å². The Morgan fingerprint density at radius 1 is 1.03 bits per heavy atom. The fourth-order valence-electron chi connectivity index (χ4n) is 3.73. The lowest BCUT2D eigenvalue weighted by atomic mass is 9.82. The molecular formula is C25H31ClN2O. The lowest BCUT2D eigenvalue weighted by molar-refractivity contribution is 0.271. The SMILES string of the molecule is CCCCc1nc(Cl)c(CO)n1Cc1ccc(-c2ccccc2C(C)(C)C)cc1. The Hall–Kier alpha value is -2.10. The van der Waals surface area contributed by atoms with Gasteiger partial charge in [0.05, 0.1) is 12.3 Å². The van der Waals surface area contributed by atoms with E-state index in [0.29, 0.717) is 17.4 Å². The summed E-state index contributed by atoms with van der Waals surface area (Å²) in [6, 6.07) is 17.3. The summed E-state index contributed by atoms with van der Waals surface area (Å²) < 4.78 is 2.07. The zero-order valence-corrected chi connectivity index (χ0v) is 18.6. The van der Waals surface area contributed by atoms with Crippen LogP contribution in [0.4, 0.5) is 0 Å². The van der Waals surface area contributed by atoms with Crippen LogP contribution >= 0.6 is 11.6 Å². The standard InChI is InChI=1S/C25H31ClN2O/c1-5-6-11-23-27-24(26)22(17-29)28(23)16-18-12-14-19(15-13-18)20-9-7-8-10-21(20)25(2,3)4/h7-10,12-15,29H,5-6,11,16-17H2,1-4H3. The molecule has 0 bridgehead atoms. The average Bonchev–Trinajstić information content (AvgIpc) is 3.00. The molecule has 0 spiro atoms. The second-order valence-electron chi connectivity index (χ2n) is 8.61. The quantitative estimate of drug-likeness (QED) is 0.490. The van der Waals surface area contributed by atoms with Gasteiger partial charge in [-0.05, 0) is 34.1 Å². The molecule has 1 heterocycles. The third-order valence-corrected chi connectivity index (χ3v) is 5.65. The van der Waals surface area contributed by atoms with Crippen molar-refractivity contribution in [3.8, 4) is 11.1 Å². The zero-order chi connectivity index (χ0) is 21.0. The maximum absolute atomic E-state index is 9.77. The highest BCUT2D eigenvalue weighted by Crippen LogP contribution is 2.33. The van der Waals surface area contributed by atoms with Crippen LogP contribution in [0.1, 0.15) is 63.2 Å². The van der Waals surface area contributed by atoms with Gasteiger partial charge in [0, 0.05) is 13.0 Å². The van der Waals surface area contributed by atoms with Crippen LogP contribution in [-0.4, -0.2) is 14.7 Å². The topological polar surface area (TPSA) is 38.1 Å². The highest BCUT2D eigenvalue weighted by molar-refractivity contribution is 6.30. The normalized spacial score (nSPS) is 11.8. The first kappa shape index (κ1) is 21.6. The summed E-state index contributed by atoms with van der Waals surface area (Å²) >= 11 is 6.27. The molecule has 1 N–H and O–H groups in total. The number of aryl methyl sites for hydroxylation is 1. The number of imidazole rings is 1. The van der Waals surface area contributed by atoms with Crippen LogP contribution in [-0.2, 0) is 25.0 Å². The summed E-state index contributed by atoms with van der Waals surface area (Å²) in [5.74, 6) is 0.947. The van der Waals surface area contributed by atoms with Crippen molar-refractivity contribution in [3.63, 3.8) is 0 Å². The number of hydrogen-bond acceptors (Lipinski definition) is 2. The first-order valence-corrected chi connectivity index (χ1v) is 10.8. The molecule has 4 heteroatoms. The van der Waals surface area contributed by atoms with Crippen LogP contribution in [0.15, 0.2) is 48.5 Å². The second kappa shape index (κ2) is 9.15. The van der Waals surface area contributed by atoms with Gasteiger partial charge >= 0.3 is 0 Å². The lowest BCUT2D eigenvalue weighted by Crippen LogP contribution is -2.12. The number of hydrogen-bond donors (Lipinski definition) is 1. The van der Waals surface area contributed by atoms with Crippen molar-refractivity contribution in [3.05, 3.63) is 76.3 Å². The maximum Gasteiger partial charge on any atom is 0.152 e. The number of aliphatic hydroxyl groups is 1. The summed E-state index contributed by atoms with van der Waals surface area (Å²) in [6.45, 7) is 9.46. The summed E-state index contributed by atoms with van der Waals surface area (Å²) in [6.07, 6.45) is 3.02. The van der Waals surface area contributed by atoms with Crippen LogP contribution < -0.4 is 0 Å². The number of unbranched alkanes of at least 4 members (excludes halogenated alkanes) is 1. The van der Waals surface area contributed by atoms with E-state index >= 15 is 0 Å². The van der Waals surface area contributed by atoms with Gasteiger partial charge in [-0.2, -0.15) is 0 Å². The molecule has 3 aromatic rings. The molecule has 0 atom stereocenters. The number of benzene rings is 2. The van der Waals surface area contributed by atoms with Crippen LogP contribution in [0.5, 0.6) is 0 Å². The van der Waals surface area contributed by atoms with Gasteiger partial charge < -0.3 is 9.67 Å². The van der Waals surface area contributed by atoms with E-state index in [-0.39, 0.29) is 12.0 Å². The molecule has 2 aromatic carbocycles. The Morgan fingerprint density at radius 2 is 1.72 bits per heavy atom. The third kappa shape index (κ3) is 4.91. The van der Waals surface area contributed by atoms with E-state index in [2.05, 4.69) is 85.8 Å². The van der Waals surface area contributed by atoms with Gasteiger partial charge in [0.15, 0.2) is 5.15 Å². The average molecular weight is 411 g/mol. The molecule has 3 nitrogen and oxygen atoms in total. The van der Waals surface area contributed by atoms with Crippen molar-refractivity contribution >= 4 is 11.6 Å². The second-order valence-corrected chi connectivity index (χ2v) is 8.96. The number of halogens is 1. The Labute approximate surface area is 179 Å². The Morgan fingerprint density at radius 3 is 2.34 bits per heavy atom. The van der Waals surface area contributed by atoms with Crippen molar-refractivity contribution in [1.82, 2.24) is 9.55 Å². The Kier molecular flexibility index (Phi) is 6.81. The minimum Gasteiger partial charge on any atom is -0.390 e. The summed E-state index contributed by atoms with van der Waals surface area (Å²) in [4.78, 5) is 4.49. The van der Waals surface area contributed by atoms with Crippen molar-refractivity contribution in [2.75, 3.05) is 0 Å². The summed E-state index contributed by atoms with van der Waals surface area (Å²) in [7, 11) is 0. The number of aromatic nitrogens is 2. The van der Waals surface area contributed by atoms with Crippen molar-refractivity contribution < 1.29 is 5.11 Å². The predicted molar refractivity (Wildman–Crippen MR) is 121 cm³/mol. The molecule has 1 aromatic heterocycles. The third-order valence-electron chi connectivity index (χ3n) is 5.35. The molecule has 0 aliphatic heterocycles. The first-order valence-electron chi connectivity index (χ1n) is 10.4. The van der Waals surface area contributed by atoms with Crippen molar-refractivity contribution in [2.45, 2.75) is 65.5 Å². The lowest BCUT2D eigenvalue weighted by Gasteiger charge is -2.23. The highest BCUT2D eigenvalue weighted by Gasteiger charge is 2.18. The fourth-order valence-corrected chi connectivity index (χ4v) is 3.99. The van der Waals surface area contributed by atoms with E-state index in [1.807, 2.05) is 0 Å². The van der Waals surface area contributed by atoms with Crippen LogP contribution in [0, 0.1) is 0 Å². The van der Waals surface area contributed by atoms with E-state index in [9.17, 15) is 5.11 Å². The molecule has 0 fully saturated rings. The highest BCUT2D eigenvalue weighted by atomic mass is 35.5. The largest absolute Gasteiger partial charge is 0.390 e. The van der Waals surface area contributed by atoms with Gasteiger partial charge in [-0.3, -0.25) is 0 Å². The van der Waals surface area contributed by atoms with Gasteiger partial charge in [0.25, 0.3) is 0 Å². The molecule has 154 valence electrons. The summed E-state index contributed by atoms with van der Waals surface area (Å²) in [5.41, 5.74) is 5.79. The number of rotatable bonds is 7.